The van der Waals surface area contributed by atoms with Crippen molar-refractivity contribution < 1.29 is 9.66 Å². The Kier molecular flexibility index (Phi) is 4.48. The standard InChI is InChI=1S/C11H14BrN3O3/c12-10-5-9(15(16)17)6-14-11(10)13-3-1-8-2-4-18-7-8/h5-6,8H,1-4,7H2,(H,13,14). The molecule has 18 heavy (non-hydrogen) atoms. The summed E-state index contributed by atoms with van der Waals surface area (Å²) in [6.07, 6.45) is 3.38. The lowest BCUT2D eigenvalue weighted by Gasteiger charge is -2.10. The van der Waals surface area contributed by atoms with Crippen LogP contribution in [0.4, 0.5) is 11.5 Å². The average Bonchev–Trinajstić information content (AvgIpc) is 2.84. The summed E-state index contributed by atoms with van der Waals surface area (Å²) in [5.74, 6) is 1.24. The summed E-state index contributed by atoms with van der Waals surface area (Å²) >= 11 is 3.28. The van der Waals surface area contributed by atoms with Gasteiger partial charge in [0.15, 0.2) is 0 Å². The third-order valence-corrected chi connectivity index (χ3v) is 3.51. The molecule has 1 atom stereocenters. The molecule has 1 unspecified atom stereocenters. The number of nitro groups is 1. The minimum atomic E-state index is -0.461. The molecule has 0 bridgehead atoms. The summed E-state index contributed by atoms with van der Waals surface area (Å²) in [5, 5.41) is 13.7. The zero-order valence-electron chi connectivity index (χ0n) is 9.76. The fraction of sp³-hybridized carbons (Fsp3) is 0.545. The molecule has 0 saturated carbocycles. The summed E-state index contributed by atoms with van der Waals surface area (Å²) in [5.41, 5.74) is -0.0170. The third-order valence-electron chi connectivity index (χ3n) is 2.91. The summed E-state index contributed by atoms with van der Waals surface area (Å²) in [6.45, 7) is 2.47. The van der Waals surface area contributed by atoms with Crippen LogP contribution in [0.3, 0.4) is 0 Å². The second kappa shape index (κ2) is 6.10. The quantitative estimate of drug-likeness (QED) is 0.667. The van der Waals surface area contributed by atoms with Gasteiger partial charge in [0.1, 0.15) is 12.0 Å². The predicted molar refractivity (Wildman–Crippen MR) is 70.6 cm³/mol. The SMILES string of the molecule is O=[N+]([O-])c1cnc(NCCC2CCOC2)c(Br)c1. The van der Waals surface area contributed by atoms with E-state index in [1.165, 1.54) is 12.3 Å². The van der Waals surface area contributed by atoms with Gasteiger partial charge in [-0.1, -0.05) is 0 Å². The Balaban J connectivity index is 1.87. The number of hydrogen-bond acceptors (Lipinski definition) is 5. The zero-order chi connectivity index (χ0) is 13.0. The molecular weight excluding hydrogens is 302 g/mol. The number of anilines is 1. The minimum Gasteiger partial charge on any atom is -0.381 e. The van der Waals surface area contributed by atoms with Gasteiger partial charge in [-0.2, -0.15) is 0 Å². The topological polar surface area (TPSA) is 77.3 Å². The van der Waals surface area contributed by atoms with Crippen molar-refractivity contribution in [3.63, 3.8) is 0 Å². The minimum absolute atomic E-state index is 0.0170. The summed E-state index contributed by atoms with van der Waals surface area (Å²) in [6, 6.07) is 1.45. The van der Waals surface area contributed by atoms with Crippen LogP contribution in [0.15, 0.2) is 16.7 Å². The first-order chi connectivity index (χ1) is 8.66. The van der Waals surface area contributed by atoms with E-state index >= 15 is 0 Å². The van der Waals surface area contributed by atoms with E-state index in [4.69, 9.17) is 4.74 Å². The number of nitrogens with one attached hydrogen (secondary N) is 1. The van der Waals surface area contributed by atoms with Crippen molar-refractivity contribution >= 4 is 27.4 Å². The molecule has 6 nitrogen and oxygen atoms in total. The molecule has 1 aromatic rings. The molecule has 0 spiro atoms. The first-order valence-electron chi connectivity index (χ1n) is 5.78. The van der Waals surface area contributed by atoms with Crippen molar-refractivity contribution in [2.75, 3.05) is 25.1 Å². The number of aromatic nitrogens is 1. The Morgan fingerprint density at radius 1 is 1.67 bits per heavy atom. The van der Waals surface area contributed by atoms with E-state index in [0.29, 0.717) is 16.2 Å². The van der Waals surface area contributed by atoms with Crippen molar-refractivity contribution in [3.8, 4) is 0 Å². The van der Waals surface area contributed by atoms with Gasteiger partial charge in [0.2, 0.25) is 0 Å². The maximum atomic E-state index is 10.6. The Morgan fingerprint density at radius 2 is 2.50 bits per heavy atom. The molecule has 7 heteroatoms. The van der Waals surface area contributed by atoms with Crippen LogP contribution in [0.1, 0.15) is 12.8 Å². The van der Waals surface area contributed by atoms with Crippen molar-refractivity contribution in [1.29, 1.82) is 0 Å². The van der Waals surface area contributed by atoms with Crippen LogP contribution in [0.25, 0.3) is 0 Å². The molecule has 1 aliphatic rings. The van der Waals surface area contributed by atoms with Gasteiger partial charge in [-0.15, -0.1) is 0 Å². The van der Waals surface area contributed by atoms with E-state index in [0.717, 1.165) is 32.6 Å². The predicted octanol–water partition coefficient (Wildman–Crippen LogP) is 2.59. The maximum Gasteiger partial charge on any atom is 0.288 e. The van der Waals surface area contributed by atoms with Crippen LogP contribution in [0.5, 0.6) is 0 Å². The Labute approximate surface area is 113 Å². The number of hydrogen-bond donors (Lipinski definition) is 1. The number of nitrogens with zero attached hydrogens (tertiary/aromatic N) is 2. The largest absolute Gasteiger partial charge is 0.381 e. The van der Waals surface area contributed by atoms with Crippen molar-refractivity contribution in [1.82, 2.24) is 4.98 Å². The number of rotatable bonds is 5. The lowest BCUT2D eigenvalue weighted by atomic mass is 10.1. The fourth-order valence-corrected chi connectivity index (χ4v) is 2.34. The Bertz CT molecular complexity index is 436. The highest BCUT2D eigenvalue weighted by molar-refractivity contribution is 9.10. The molecule has 1 aliphatic heterocycles. The van der Waals surface area contributed by atoms with Crippen LogP contribution in [-0.4, -0.2) is 29.7 Å². The summed E-state index contributed by atoms with van der Waals surface area (Å²) < 4.78 is 5.91. The molecule has 98 valence electrons. The van der Waals surface area contributed by atoms with E-state index in [1.807, 2.05) is 0 Å². The highest BCUT2D eigenvalue weighted by Gasteiger charge is 2.15. The van der Waals surface area contributed by atoms with Gasteiger partial charge in [-0.3, -0.25) is 10.1 Å². The zero-order valence-corrected chi connectivity index (χ0v) is 11.4. The molecule has 0 amide bonds. The van der Waals surface area contributed by atoms with E-state index in [9.17, 15) is 10.1 Å². The molecule has 0 aliphatic carbocycles. The molecule has 2 rings (SSSR count). The van der Waals surface area contributed by atoms with Crippen LogP contribution in [0, 0.1) is 16.0 Å². The molecule has 0 aromatic carbocycles. The molecule has 0 radical (unpaired) electrons. The van der Waals surface area contributed by atoms with Gasteiger partial charge in [-0.25, -0.2) is 4.98 Å². The highest BCUT2D eigenvalue weighted by atomic mass is 79.9. The smallest absolute Gasteiger partial charge is 0.288 e. The van der Waals surface area contributed by atoms with Crippen LogP contribution >= 0.6 is 15.9 Å². The monoisotopic (exact) mass is 315 g/mol. The molecular formula is C11H14BrN3O3. The summed E-state index contributed by atoms with van der Waals surface area (Å²) in [7, 11) is 0. The highest BCUT2D eigenvalue weighted by Crippen LogP contribution is 2.24. The van der Waals surface area contributed by atoms with Gasteiger partial charge in [-0.05, 0) is 34.7 Å². The lowest BCUT2D eigenvalue weighted by Crippen LogP contribution is -2.10. The fourth-order valence-electron chi connectivity index (χ4n) is 1.86. The Hall–Kier alpha value is -1.21. The van der Waals surface area contributed by atoms with Gasteiger partial charge in [0.25, 0.3) is 5.69 Å². The van der Waals surface area contributed by atoms with Gasteiger partial charge in [0.05, 0.1) is 9.40 Å². The van der Waals surface area contributed by atoms with Gasteiger partial charge in [0, 0.05) is 25.8 Å². The van der Waals surface area contributed by atoms with Crippen LogP contribution in [-0.2, 0) is 4.74 Å². The molecule has 1 fully saturated rings. The first kappa shape index (κ1) is 13.2. The molecule has 1 N–H and O–H groups in total. The molecule has 2 heterocycles. The average molecular weight is 316 g/mol. The van der Waals surface area contributed by atoms with Gasteiger partial charge >= 0.3 is 0 Å². The van der Waals surface area contributed by atoms with Crippen LogP contribution in [0.2, 0.25) is 0 Å². The second-order valence-electron chi connectivity index (χ2n) is 4.23. The third kappa shape index (κ3) is 3.39. The van der Waals surface area contributed by atoms with Gasteiger partial charge < -0.3 is 10.1 Å². The first-order valence-corrected chi connectivity index (χ1v) is 6.57. The maximum absolute atomic E-state index is 10.6. The lowest BCUT2D eigenvalue weighted by molar-refractivity contribution is -0.385. The van der Waals surface area contributed by atoms with Crippen molar-refractivity contribution in [2.24, 2.45) is 5.92 Å². The van der Waals surface area contributed by atoms with Crippen molar-refractivity contribution in [2.45, 2.75) is 12.8 Å². The van der Waals surface area contributed by atoms with E-state index in [2.05, 4.69) is 26.2 Å². The van der Waals surface area contributed by atoms with E-state index < -0.39 is 4.92 Å². The molecule has 1 saturated heterocycles. The molecule has 1 aromatic heterocycles. The van der Waals surface area contributed by atoms with E-state index in [1.54, 1.807) is 0 Å². The second-order valence-corrected chi connectivity index (χ2v) is 5.08. The number of halogens is 1. The van der Waals surface area contributed by atoms with Crippen molar-refractivity contribution in [3.05, 3.63) is 26.9 Å². The van der Waals surface area contributed by atoms with E-state index in [-0.39, 0.29) is 5.69 Å². The van der Waals surface area contributed by atoms with Crippen LogP contribution < -0.4 is 5.32 Å². The number of pyridine rings is 1. The Morgan fingerprint density at radius 3 is 3.11 bits per heavy atom. The normalized spacial score (nSPS) is 18.8. The summed E-state index contributed by atoms with van der Waals surface area (Å²) in [4.78, 5) is 14.1. The number of ether oxygens (including phenoxy) is 1.